The maximum atomic E-state index is 11.8. The minimum Gasteiger partial charge on any atom is -0.479 e. The molecule has 1 aromatic rings. The third-order valence-electron chi connectivity index (χ3n) is 3.01. The number of carbonyl (C=O) groups is 1. The minimum absolute atomic E-state index is 0.0783. The van der Waals surface area contributed by atoms with Crippen LogP contribution in [0, 0.1) is 0 Å². The van der Waals surface area contributed by atoms with Gasteiger partial charge in [0.1, 0.15) is 5.75 Å². The van der Waals surface area contributed by atoms with Gasteiger partial charge in [0.05, 0.1) is 11.3 Å². The van der Waals surface area contributed by atoms with Gasteiger partial charge in [0.25, 0.3) is 5.91 Å². The van der Waals surface area contributed by atoms with Crippen molar-refractivity contribution in [3.63, 3.8) is 0 Å². The second kappa shape index (κ2) is 3.74. The van der Waals surface area contributed by atoms with Crippen molar-refractivity contribution in [1.29, 1.82) is 0 Å². The van der Waals surface area contributed by atoms with E-state index >= 15 is 0 Å². The first-order valence-electron chi connectivity index (χ1n) is 5.62. The molecule has 1 aliphatic rings. The van der Waals surface area contributed by atoms with E-state index in [0.717, 1.165) is 5.56 Å². The van der Waals surface area contributed by atoms with Gasteiger partial charge in [-0.25, -0.2) is 0 Å². The van der Waals surface area contributed by atoms with Crippen molar-refractivity contribution in [2.45, 2.75) is 32.5 Å². The van der Waals surface area contributed by atoms with E-state index in [4.69, 9.17) is 4.74 Å². The van der Waals surface area contributed by atoms with Gasteiger partial charge in [-0.15, -0.1) is 0 Å². The number of carbonyl (C=O) groups excluding carboxylic acids is 1. The Bertz CT molecular complexity index is 462. The Labute approximate surface area is 101 Å². The molecule has 1 N–H and O–H groups in total. The number of nitrogens with zero attached hydrogens (tertiary/aromatic N) is 1. The lowest BCUT2D eigenvalue weighted by atomic mass is 9.97. The highest BCUT2D eigenvalue weighted by Gasteiger charge is 2.30. The van der Waals surface area contributed by atoms with E-state index in [1.165, 1.54) is 0 Å². The van der Waals surface area contributed by atoms with Gasteiger partial charge in [-0.3, -0.25) is 4.79 Å². The van der Waals surface area contributed by atoms with Crippen LogP contribution in [-0.2, 0) is 10.4 Å². The largest absolute Gasteiger partial charge is 0.479 e. The molecule has 0 radical (unpaired) electrons. The van der Waals surface area contributed by atoms with E-state index in [-0.39, 0.29) is 5.91 Å². The molecule has 0 saturated heterocycles. The Morgan fingerprint density at radius 2 is 2.06 bits per heavy atom. The second-order valence-corrected chi connectivity index (χ2v) is 4.90. The summed E-state index contributed by atoms with van der Waals surface area (Å²) >= 11 is 0. The fourth-order valence-corrected chi connectivity index (χ4v) is 1.89. The van der Waals surface area contributed by atoms with Crippen molar-refractivity contribution >= 4 is 11.6 Å². The lowest BCUT2D eigenvalue weighted by molar-refractivity contribution is -0.125. The summed E-state index contributed by atoms with van der Waals surface area (Å²) in [5.74, 6) is 0.595. The lowest BCUT2D eigenvalue weighted by Gasteiger charge is -2.31. The Kier molecular flexibility index (Phi) is 2.62. The molecule has 4 heteroatoms. The average molecular weight is 235 g/mol. The van der Waals surface area contributed by atoms with Crippen LogP contribution in [0.5, 0.6) is 5.75 Å². The summed E-state index contributed by atoms with van der Waals surface area (Å²) in [5, 5.41) is 9.95. The molecule has 1 aliphatic heterocycles. The molecule has 1 heterocycles. The summed E-state index contributed by atoms with van der Waals surface area (Å²) in [6.45, 7) is 5.15. The highest BCUT2D eigenvalue weighted by atomic mass is 16.5. The second-order valence-electron chi connectivity index (χ2n) is 4.90. The van der Waals surface area contributed by atoms with Crippen LogP contribution in [0.2, 0.25) is 0 Å². The molecular formula is C13H17NO3. The molecule has 0 spiro atoms. The normalized spacial score (nSPS) is 19.9. The van der Waals surface area contributed by atoms with Gasteiger partial charge in [-0.2, -0.15) is 0 Å². The number of fused-ring (bicyclic) bond motifs is 1. The molecule has 0 aliphatic carbocycles. The van der Waals surface area contributed by atoms with Gasteiger partial charge in [-0.1, -0.05) is 6.07 Å². The predicted molar refractivity (Wildman–Crippen MR) is 65.2 cm³/mol. The van der Waals surface area contributed by atoms with Crippen LogP contribution in [0.4, 0.5) is 5.69 Å². The molecule has 92 valence electrons. The molecule has 1 unspecified atom stereocenters. The number of anilines is 1. The molecule has 0 aromatic heterocycles. The number of amides is 1. The first kappa shape index (κ1) is 11.9. The fraction of sp³-hybridized carbons (Fsp3) is 0.462. The molecule has 0 fully saturated rings. The molecule has 0 bridgehead atoms. The van der Waals surface area contributed by atoms with Gasteiger partial charge in [0.15, 0.2) is 6.10 Å². The maximum absolute atomic E-state index is 11.8. The predicted octanol–water partition coefficient (Wildman–Crippen LogP) is 1.66. The van der Waals surface area contributed by atoms with E-state index in [0.29, 0.717) is 11.4 Å². The van der Waals surface area contributed by atoms with Crippen molar-refractivity contribution < 1.29 is 14.6 Å². The first-order chi connectivity index (χ1) is 7.80. The summed E-state index contributed by atoms with van der Waals surface area (Å²) in [6.07, 6.45) is -0.458. The Morgan fingerprint density at radius 1 is 1.41 bits per heavy atom. The zero-order chi connectivity index (χ0) is 12.8. The van der Waals surface area contributed by atoms with Gasteiger partial charge < -0.3 is 14.7 Å². The van der Waals surface area contributed by atoms with Crippen LogP contribution in [0.1, 0.15) is 26.3 Å². The average Bonchev–Trinajstić information content (AvgIpc) is 2.24. The molecule has 1 amide bonds. The van der Waals surface area contributed by atoms with Crippen molar-refractivity contribution in [2.75, 3.05) is 11.9 Å². The standard InChI is InChI=1S/C13H17NO3/c1-8-12(15)14(4)10-7-9(13(2,3)16)5-6-11(10)17-8/h5-8,16H,1-4H3. The fourth-order valence-electron chi connectivity index (χ4n) is 1.89. The minimum atomic E-state index is -0.929. The van der Waals surface area contributed by atoms with Crippen LogP contribution in [0.25, 0.3) is 0 Å². The van der Waals surface area contributed by atoms with E-state index < -0.39 is 11.7 Å². The van der Waals surface area contributed by atoms with Crippen molar-refractivity contribution in [1.82, 2.24) is 0 Å². The molecule has 2 rings (SSSR count). The number of benzene rings is 1. The highest BCUT2D eigenvalue weighted by Crippen LogP contribution is 2.36. The molecule has 1 aromatic carbocycles. The Hall–Kier alpha value is -1.55. The monoisotopic (exact) mass is 235 g/mol. The topological polar surface area (TPSA) is 49.8 Å². The zero-order valence-electron chi connectivity index (χ0n) is 10.5. The number of likely N-dealkylation sites (N-methyl/N-ethyl adjacent to an activating group) is 1. The van der Waals surface area contributed by atoms with Gasteiger partial charge in [0, 0.05) is 7.05 Å². The number of aliphatic hydroxyl groups is 1. The summed E-state index contributed by atoms with van der Waals surface area (Å²) < 4.78 is 5.51. The lowest BCUT2D eigenvalue weighted by Crippen LogP contribution is -2.42. The van der Waals surface area contributed by atoms with Crippen LogP contribution in [0.15, 0.2) is 18.2 Å². The summed E-state index contributed by atoms with van der Waals surface area (Å²) in [5.41, 5.74) is 0.531. The summed E-state index contributed by atoms with van der Waals surface area (Å²) in [6, 6.07) is 5.40. The number of hydrogen-bond donors (Lipinski definition) is 1. The Balaban J connectivity index is 2.49. The van der Waals surface area contributed by atoms with Gasteiger partial charge in [-0.05, 0) is 38.5 Å². The van der Waals surface area contributed by atoms with Gasteiger partial charge in [0.2, 0.25) is 0 Å². The van der Waals surface area contributed by atoms with E-state index in [2.05, 4.69) is 0 Å². The highest BCUT2D eigenvalue weighted by molar-refractivity contribution is 5.99. The van der Waals surface area contributed by atoms with Crippen LogP contribution < -0.4 is 9.64 Å². The number of hydrogen-bond acceptors (Lipinski definition) is 3. The van der Waals surface area contributed by atoms with Crippen LogP contribution in [0.3, 0.4) is 0 Å². The van der Waals surface area contributed by atoms with Crippen LogP contribution in [-0.4, -0.2) is 24.2 Å². The van der Waals surface area contributed by atoms with E-state index in [1.54, 1.807) is 44.9 Å². The molecular weight excluding hydrogens is 218 g/mol. The van der Waals surface area contributed by atoms with Crippen molar-refractivity contribution in [2.24, 2.45) is 0 Å². The third-order valence-corrected chi connectivity index (χ3v) is 3.01. The summed E-state index contributed by atoms with van der Waals surface area (Å²) in [4.78, 5) is 13.4. The maximum Gasteiger partial charge on any atom is 0.267 e. The third kappa shape index (κ3) is 2.00. The molecule has 0 saturated carbocycles. The molecule has 17 heavy (non-hydrogen) atoms. The van der Waals surface area contributed by atoms with Crippen LogP contribution >= 0.6 is 0 Å². The first-order valence-corrected chi connectivity index (χ1v) is 5.62. The van der Waals surface area contributed by atoms with E-state index in [9.17, 15) is 9.90 Å². The van der Waals surface area contributed by atoms with Crippen molar-refractivity contribution in [3.05, 3.63) is 23.8 Å². The van der Waals surface area contributed by atoms with E-state index in [1.807, 2.05) is 6.07 Å². The SMILES string of the molecule is CC1Oc2ccc(C(C)(C)O)cc2N(C)C1=O. The molecule has 1 atom stereocenters. The quantitative estimate of drug-likeness (QED) is 0.805. The molecule has 4 nitrogen and oxygen atoms in total. The summed E-state index contributed by atoms with van der Waals surface area (Å²) in [7, 11) is 1.72. The zero-order valence-corrected chi connectivity index (χ0v) is 10.5. The number of rotatable bonds is 1. The van der Waals surface area contributed by atoms with Gasteiger partial charge >= 0.3 is 0 Å². The van der Waals surface area contributed by atoms with Crippen molar-refractivity contribution in [3.8, 4) is 5.75 Å². The number of ether oxygens (including phenoxy) is 1. The smallest absolute Gasteiger partial charge is 0.267 e. The Morgan fingerprint density at radius 3 is 2.65 bits per heavy atom.